The largest absolute Gasteiger partial charge is 0.393 e. The minimum absolute atomic E-state index is 0.159. The molecule has 100 valence electrons. The molecule has 0 bridgehead atoms. The van der Waals surface area contributed by atoms with Crippen LogP contribution >= 0.6 is 0 Å². The second-order valence-electron chi connectivity index (χ2n) is 6.45. The Morgan fingerprint density at radius 2 is 2.00 bits per heavy atom. The molecule has 0 aromatic carbocycles. The van der Waals surface area contributed by atoms with Crippen LogP contribution in [0.4, 0.5) is 0 Å². The first kappa shape index (κ1) is 13.3. The maximum Gasteiger partial charge on any atom is 0.0566 e. The molecule has 0 aromatic heterocycles. The SMILES string of the molecule is CC(C)C(O)CC1CC(N)CN(C2CCC2)C1. The van der Waals surface area contributed by atoms with Gasteiger partial charge in [0.2, 0.25) is 0 Å². The second kappa shape index (κ2) is 5.68. The Bertz CT molecular complexity index is 240. The van der Waals surface area contributed by atoms with E-state index < -0.39 is 0 Å². The van der Waals surface area contributed by atoms with E-state index in [4.69, 9.17) is 5.73 Å². The second-order valence-corrected chi connectivity index (χ2v) is 6.45. The normalized spacial score (nSPS) is 33.7. The van der Waals surface area contributed by atoms with Crippen LogP contribution in [0.25, 0.3) is 0 Å². The number of piperidine rings is 1. The molecule has 0 aromatic rings. The first-order valence-corrected chi connectivity index (χ1v) is 7.24. The van der Waals surface area contributed by atoms with Gasteiger partial charge in [0.05, 0.1) is 6.10 Å². The van der Waals surface area contributed by atoms with Crippen LogP contribution in [0.15, 0.2) is 0 Å². The van der Waals surface area contributed by atoms with Crippen molar-refractivity contribution in [2.75, 3.05) is 13.1 Å². The van der Waals surface area contributed by atoms with Crippen LogP contribution in [0, 0.1) is 11.8 Å². The zero-order valence-electron chi connectivity index (χ0n) is 11.3. The van der Waals surface area contributed by atoms with Crippen molar-refractivity contribution in [3.05, 3.63) is 0 Å². The fourth-order valence-corrected chi connectivity index (χ4v) is 3.12. The van der Waals surface area contributed by atoms with Gasteiger partial charge in [-0.25, -0.2) is 0 Å². The summed E-state index contributed by atoms with van der Waals surface area (Å²) in [7, 11) is 0. The van der Waals surface area contributed by atoms with Crippen LogP contribution in [0.5, 0.6) is 0 Å². The van der Waals surface area contributed by atoms with Crippen LogP contribution < -0.4 is 5.73 Å². The minimum Gasteiger partial charge on any atom is -0.393 e. The van der Waals surface area contributed by atoms with E-state index in [1.165, 1.54) is 19.3 Å². The third kappa shape index (κ3) is 3.43. The van der Waals surface area contributed by atoms with Crippen LogP contribution in [-0.2, 0) is 0 Å². The van der Waals surface area contributed by atoms with Crippen molar-refractivity contribution in [2.24, 2.45) is 17.6 Å². The number of likely N-dealkylation sites (tertiary alicyclic amines) is 1. The van der Waals surface area contributed by atoms with Crippen molar-refractivity contribution in [3.8, 4) is 0 Å². The molecule has 1 saturated heterocycles. The van der Waals surface area contributed by atoms with Crippen molar-refractivity contribution in [3.63, 3.8) is 0 Å². The molecule has 3 atom stereocenters. The summed E-state index contributed by atoms with van der Waals surface area (Å²) in [5, 5.41) is 10.0. The highest BCUT2D eigenvalue weighted by molar-refractivity contribution is 4.89. The van der Waals surface area contributed by atoms with Crippen molar-refractivity contribution < 1.29 is 5.11 Å². The fraction of sp³-hybridized carbons (Fsp3) is 1.00. The Hall–Kier alpha value is -0.120. The monoisotopic (exact) mass is 240 g/mol. The van der Waals surface area contributed by atoms with E-state index in [2.05, 4.69) is 18.7 Å². The Labute approximate surface area is 105 Å². The van der Waals surface area contributed by atoms with Crippen LogP contribution in [0.1, 0.15) is 46.0 Å². The number of hydrogen-bond donors (Lipinski definition) is 2. The van der Waals surface area contributed by atoms with Crippen LogP contribution in [0.3, 0.4) is 0 Å². The molecule has 3 heteroatoms. The molecule has 0 radical (unpaired) electrons. The molecule has 2 rings (SSSR count). The van der Waals surface area contributed by atoms with Gasteiger partial charge in [0.25, 0.3) is 0 Å². The van der Waals surface area contributed by atoms with Gasteiger partial charge in [-0.15, -0.1) is 0 Å². The lowest BCUT2D eigenvalue weighted by Crippen LogP contribution is -2.53. The third-order valence-corrected chi connectivity index (χ3v) is 4.53. The molecule has 2 aliphatic rings. The molecule has 1 saturated carbocycles. The van der Waals surface area contributed by atoms with E-state index in [9.17, 15) is 5.11 Å². The third-order valence-electron chi connectivity index (χ3n) is 4.53. The average molecular weight is 240 g/mol. The minimum atomic E-state index is -0.159. The lowest BCUT2D eigenvalue weighted by atomic mass is 9.83. The first-order chi connectivity index (χ1) is 8.06. The van der Waals surface area contributed by atoms with Gasteiger partial charge in [-0.2, -0.15) is 0 Å². The standard InChI is InChI=1S/C14H28N2O/c1-10(2)14(17)7-11-6-12(15)9-16(8-11)13-4-3-5-13/h10-14,17H,3-9,15H2,1-2H3. The van der Waals surface area contributed by atoms with Gasteiger partial charge in [-0.3, -0.25) is 4.90 Å². The molecule has 1 aliphatic carbocycles. The Balaban J connectivity index is 1.84. The maximum absolute atomic E-state index is 10.0. The molecule has 3 unspecified atom stereocenters. The predicted molar refractivity (Wildman–Crippen MR) is 70.8 cm³/mol. The van der Waals surface area contributed by atoms with Gasteiger partial charge in [-0.1, -0.05) is 20.3 Å². The van der Waals surface area contributed by atoms with Gasteiger partial charge in [0.15, 0.2) is 0 Å². The summed E-state index contributed by atoms with van der Waals surface area (Å²) in [5.74, 6) is 0.960. The Kier molecular flexibility index (Phi) is 4.45. The summed E-state index contributed by atoms with van der Waals surface area (Å²) in [4.78, 5) is 2.58. The van der Waals surface area contributed by atoms with Crippen LogP contribution in [-0.4, -0.2) is 41.3 Å². The summed E-state index contributed by atoms with van der Waals surface area (Å²) in [6, 6.07) is 1.11. The summed E-state index contributed by atoms with van der Waals surface area (Å²) in [6.07, 6.45) is 5.95. The number of rotatable bonds is 4. The van der Waals surface area contributed by atoms with E-state index in [-0.39, 0.29) is 6.10 Å². The van der Waals surface area contributed by atoms with Gasteiger partial charge >= 0.3 is 0 Å². The molecule has 0 spiro atoms. The van der Waals surface area contributed by atoms with E-state index in [0.717, 1.165) is 32.0 Å². The number of aliphatic hydroxyl groups excluding tert-OH is 1. The predicted octanol–water partition coefficient (Wildman–Crippen LogP) is 1.60. The van der Waals surface area contributed by atoms with Crippen molar-refractivity contribution in [1.29, 1.82) is 0 Å². The zero-order valence-corrected chi connectivity index (χ0v) is 11.3. The quantitative estimate of drug-likeness (QED) is 0.784. The van der Waals surface area contributed by atoms with E-state index in [0.29, 0.717) is 17.9 Å². The fourth-order valence-electron chi connectivity index (χ4n) is 3.12. The molecule has 17 heavy (non-hydrogen) atoms. The smallest absolute Gasteiger partial charge is 0.0566 e. The molecule has 3 nitrogen and oxygen atoms in total. The average Bonchev–Trinajstić information content (AvgIpc) is 2.13. The van der Waals surface area contributed by atoms with Gasteiger partial charge < -0.3 is 10.8 Å². The highest BCUT2D eigenvalue weighted by Crippen LogP contribution is 2.30. The lowest BCUT2D eigenvalue weighted by molar-refractivity contribution is 0.0336. The first-order valence-electron chi connectivity index (χ1n) is 7.24. The maximum atomic E-state index is 10.0. The topological polar surface area (TPSA) is 49.5 Å². The van der Waals surface area contributed by atoms with Gasteiger partial charge in [-0.05, 0) is 37.5 Å². The molecular weight excluding hydrogens is 212 g/mol. The Morgan fingerprint density at radius 3 is 2.53 bits per heavy atom. The summed E-state index contributed by atoms with van der Waals surface area (Å²) in [6.45, 7) is 6.41. The number of nitrogens with two attached hydrogens (primary N) is 1. The zero-order chi connectivity index (χ0) is 12.4. The van der Waals surface area contributed by atoms with Gasteiger partial charge in [0.1, 0.15) is 0 Å². The summed E-state index contributed by atoms with van der Waals surface area (Å²) >= 11 is 0. The van der Waals surface area contributed by atoms with E-state index in [1.54, 1.807) is 0 Å². The molecule has 1 aliphatic heterocycles. The highest BCUT2D eigenvalue weighted by Gasteiger charge is 2.33. The van der Waals surface area contributed by atoms with Gasteiger partial charge in [0, 0.05) is 25.2 Å². The summed E-state index contributed by atoms with van der Waals surface area (Å²) in [5.41, 5.74) is 6.16. The number of aliphatic hydroxyl groups is 1. The van der Waals surface area contributed by atoms with Crippen molar-refractivity contribution in [1.82, 2.24) is 4.90 Å². The number of nitrogens with zero attached hydrogens (tertiary/aromatic N) is 1. The van der Waals surface area contributed by atoms with E-state index in [1.807, 2.05) is 0 Å². The van der Waals surface area contributed by atoms with Crippen LogP contribution in [0.2, 0.25) is 0 Å². The molecule has 2 fully saturated rings. The lowest BCUT2D eigenvalue weighted by Gasteiger charge is -2.45. The molecule has 0 amide bonds. The number of hydrogen-bond acceptors (Lipinski definition) is 3. The Morgan fingerprint density at radius 1 is 1.29 bits per heavy atom. The van der Waals surface area contributed by atoms with Crippen molar-refractivity contribution in [2.45, 2.75) is 64.1 Å². The van der Waals surface area contributed by atoms with E-state index >= 15 is 0 Å². The highest BCUT2D eigenvalue weighted by atomic mass is 16.3. The molecule has 1 heterocycles. The summed E-state index contributed by atoms with van der Waals surface area (Å²) < 4.78 is 0. The molecular formula is C14H28N2O. The molecule has 3 N–H and O–H groups in total. The van der Waals surface area contributed by atoms with Crippen molar-refractivity contribution >= 4 is 0 Å².